The molecule has 3 rings (SSSR count). The van der Waals surface area contributed by atoms with Crippen LogP contribution in [0.15, 0.2) is 41.2 Å². The van der Waals surface area contributed by atoms with Gasteiger partial charge in [-0.15, -0.1) is 11.3 Å². The average molecular weight is 426 g/mol. The molecule has 1 heterocycles. The van der Waals surface area contributed by atoms with Crippen LogP contribution in [0.1, 0.15) is 16.7 Å². The van der Waals surface area contributed by atoms with E-state index >= 15 is 0 Å². The van der Waals surface area contributed by atoms with Crippen molar-refractivity contribution >= 4 is 46.2 Å². The summed E-state index contributed by atoms with van der Waals surface area (Å²) in [6, 6.07) is 14.5. The molecule has 0 amide bonds. The van der Waals surface area contributed by atoms with Crippen LogP contribution < -0.4 is 14.8 Å². The lowest BCUT2D eigenvalue weighted by atomic mass is 10.1. The number of thiazole rings is 1. The molecule has 138 valence electrons. The number of aromatic nitrogens is 1. The standard InChI is InChI=1S/C21H13Cl2N3OS/c1-12-4-3-5-13(2)19(12)26-20(27)18(28-21(26)15(10-24)11-25)9-14-6-7-16(22)17(23)8-14/h3-9H,1-2H3. The first-order valence-electron chi connectivity index (χ1n) is 8.17. The summed E-state index contributed by atoms with van der Waals surface area (Å²) < 4.78 is 2.14. The maximum absolute atomic E-state index is 13.2. The van der Waals surface area contributed by atoms with Crippen molar-refractivity contribution in [2.24, 2.45) is 0 Å². The van der Waals surface area contributed by atoms with E-state index in [1.54, 1.807) is 24.3 Å². The predicted molar refractivity (Wildman–Crippen MR) is 113 cm³/mol. The number of hydrogen-bond donors (Lipinski definition) is 0. The molecule has 4 nitrogen and oxygen atoms in total. The van der Waals surface area contributed by atoms with E-state index in [-0.39, 0.29) is 11.1 Å². The van der Waals surface area contributed by atoms with Crippen molar-refractivity contribution in [1.82, 2.24) is 4.57 Å². The zero-order valence-corrected chi connectivity index (χ0v) is 17.3. The number of aryl methyl sites for hydroxylation is 2. The second-order valence-corrected chi connectivity index (χ2v) is 7.91. The van der Waals surface area contributed by atoms with Gasteiger partial charge in [-0.2, -0.15) is 10.5 Å². The molecule has 0 aliphatic carbocycles. The maximum Gasteiger partial charge on any atom is 0.273 e. The smallest absolute Gasteiger partial charge is 0.267 e. The van der Waals surface area contributed by atoms with Crippen molar-refractivity contribution in [2.45, 2.75) is 13.8 Å². The zero-order valence-electron chi connectivity index (χ0n) is 15.0. The summed E-state index contributed by atoms with van der Waals surface area (Å²) in [5, 5.41) is 19.6. The van der Waals surface area contributed by atoms with E-state index in [4.69, 9.17) is 23.2 Å². The van der Waals surface area contributed by atoms with Gasteiger partial charge in [0.05, 0.1) is 20.3 Å². The highest BCUT2D eigenvalue weighted by Gasteiger charge is 2.14. The Kier molecular flexibility index (Phi) is 5.72. The third-order valence-electron chi connectivity index (χ3n) is 4.17. The Morgan fingerprint density at radius 2 is 1.71 bits per heavy atom. The fourth-order valence-electron chi connectivity index (χ4n) is 2.89. The molecule has 28 heavy (non-hydrogen) atoms. The Bertz CT molecular complexity index is 1320. The number of benzene rings is 2. The zero-order chi connectivity index (χ0) is 20.4. The van der Waals surface area contributed by atoms with Gasteiger partial charge in [-0.1, -0.05) is 47.5 Å². The van der Waals surface area contributed by atoms with Crippen LogP contribution in [0, 0.1) is 36.5 Å². The van der Waals surface area contributed by atoms with E-state index in [1.165, 1.54) is 4.57 Å². The summed E-state index contributed by atoms with van der Waals surface area (Å²) >= 11 is 13.1. The van der Waals surface area contributed by atoms with Gasteiger partial charge in [-0.05, 0) is 48.7 Å². The molecule has 1 aromatic heterocycles. The molecule has 0 spiro atoms. The Hall–Kier alpha value is -2.83. The number of nitrogens with zero attached hydrogens (tertiary/aromatic N) is 3. The Balaban J connectivity index is 2.45. The van der Waals surface area contributed by atoms with E-state index in [0.717, 1.165) is 22.5 Å². The predicted octanol–water partition coefficient (Wildman–Crippen LogP) is 3.85. The van der Waals surface area contributed by atoms with Crippen LogP contribution >= 0.6 is 34.5 Å². The second-order valence-electron chi connectivity index (χ2n) is 6.07. The van der Waals surface area contributed by atoms with Crippen LogP contribution in [-0.4, -0.2) is 4.57 Å². The highest BCUT2D eigenvalue weighted by molar-refractivity contribution is 7.07. The fraction of sp³-hybridized carbons (Fsp3) is 0.0952. The van der Waals surface area contributed by atoms with Crippen molar-refractivity contribution in [3.05, 3.63) is 82.7 Å². The van der Waals surface area contributed by atoms with Crippen LogP contribution in [0.25, 0.3) is 17.3 Å². The first kappa shape index (κ1) is 19.9. The third-order valence-corrected chi connectivity index (χ3v) is 6.00. The minimum atomic E-state index is -0.300. The molecule has 0 radical (unpaired) electrons. The van der Waals surface area contributed by atoms with Crippen LogP contribution in [0.5, 0.6) is 0 Å². The molecule has 0 atom stereocenters. The molecule has 0 N–H and O–H groups in total. The molecule has 0 unspecified atom stereocenters. The summed E-state index contributed by atoms with van der Waals surface area (Å²) in [6.45, 7) is 3.77. The van der Waals surface area contributed by atoms with Gasteiger partial charge in [0.25, 0.3) is 5.56 Å². The molecule has 0 saturated heterocycles. The van der Waals surface area contributed by atoms with Crippen molar-refractivity contribution in [1.29, 1.82) is 10.5 Å². The first-order chi connectivity index (χ1) is 13.4. The molecule has 0 bridgehead atoms. The van der Waals surface area contributed by atoms with E-state index < -0.39 is 0 Å². The summed E-state index contributed by atoms with van der Waals surface area (Å²) in [5.74, 6) is 0. The van der Waals surface area contributed by atoms with Gasteiger partial charge in [0.2, 0.25) is 0 Å². The second kappa shape index (κ2) is 8.04. The van der Waals surface area contributed by atoms with Gasteiger partial charge in [0.15, 0.2) is 5.57 Å². The van der Waals surface area contributed by atoms with Crippen molar-refractivity contribution < 1.29 is 0 Å². The summed E-state index contributed by atoms with van der Waals surface area (Å²) in [4.78, 5) is 13.2. The normalized spacial score (nSPS) is 11.1. The number of hydrogen-bond acceptors (Lipinski definition) is 4. The Morgan fingerprint density at radius 3 is 2.29 bits per heavy atom. The molecule has 2 aromatic carbocycles. The lowest BCUT2D eigenvalue weighted by Crippen LogP contribution is -2.31. The van der Waals surface area contributed by atoms with E-state index in [0.29, 0.717) is 30.5 Å². The van der Waals surface area contributed by atoms with Crippen molar-refractivity contribution in [2.75, 3.05) is 0 Å². The Labute approximate surface area is 175 Å². The maximum atomic E-state index is 13.2. The van der Waals surface area contributed by atoms with Crippen LogP contribution in [0.3, 0.4) is 0 Å². The van der Waals surface area contributed by atoms with E-state index in [2.05, 4.69) is 0 Å². The topological polar surface area (TPSA) is 69.6 Å². The number of rotatable bonds is 2. The fourth-order valence-corrected chi connectivity index (χ4v) is 4.23. The first-order valence-corrected chi connectivity index (χ1v) is 9.74. The Morgan fingerprint density at radius 1 is 1.07 bits per heavy atom. The number of para-hydroxylation sites is 1. The third kappa shape index (κ3) is 3.61. The summed E-state index contributed by atoms with van der Waals surface area (Å²) in [6.07, 6.45) is 1.68. The van der Waals surface area contributed by atoms with Crippen LogP contribution in [0.2, 0.25) is 10.0 Å². The van der Waals surface area contributed by atoms with Crippen LogP contribution in [0.4, 0.5) is 0 Å². The monoisotopic (exact) mass is 425 g/mol. The van der Waals surface area contributed by atoms with Gasteiger partial charge in [0, 0.05) is 0 Å². The molecular formula is C21H13Cl2N3OS. The number of halogens is 2. The van der Waals surface area contributed by atoms with E-state index in [9.17, 15) is 15.3 Å². The molecule has 7 heteroatoms. The average Bonchev–Trinajstić information content (AvgIpc) is 2.96. The van der Waals surface area contributed by atoms with Crippen molar-refractivity contribution in [3.63, 3.8) is 0 Å². The van der Waals surface area contributed by atoms with Crippen LogP contribution in [-0.2, 0) is 0 Å². The quantitative estimate of drug-likeness (QED) is 0.625. The highest BCUT2D eigenvalue weighted by atomic mass is 35.5. The summed E-state index contributed by atoms with van der Waals surface area (Å²) in [7, 11) is 0. The van der Waals surface area contributed by atoms with Crippen molar-refractivity contribution in [3.8, 4) is 17.8 Å². The van der Waals surface area contributed by atoms with Gasteiger partial charge >= 0.3 is 0 Å². The molecule has 0 aliphatic heterocycles. The highest BCUT2D eigenvalue weighted by Crippen LogP contribution is 2.22. The molecule has 0 fully saturated rings. The summed E-state index contributed by atoms with van der Waals surface area (Å²) in [5.41, 5.74) is 2.71. The van der Waals surface area contributed by atoms with Gasteiger partial charge in [-0.25, -0.2) is 0 Å². The van der Waals surface area contributed by atoms with Gasteiger partial charge in [0.1, 0.15) is 16.8 Å². The van der Waals surface area contributed by atoms with E-state index in [1.807, 2.05) is 44.2 Å². The molecule has 0 aliphatic rings. The van der Waals surface area contributed by atoms with Gasteiger partial charge < -0.3 is 0 Å². The number of nitriles is 2. The SMILES string of the molecule is Cc1cccc(C)c1-n1c(=C(C#N)C#N)sc(=Cc2ccc(Cl)c(Cl)c2)c1=O. The lowest BCUT2D eigenvalue weighted by molar-refractivity contribution is 0.962. The largest absolute Gasteiger partial charge is 0.273 e. The van der Waals surface area contributed by atoms with Gasteiger partial charge in [-0.3, -0.25) is 9.36 Å². The lowest BCUT2D eigenvalue weighted by Gasteiger charge is -2.10. The molecular weight excluding hydrogens is 413 g/mol. The molecule has 3 aromatic rings. The minimum Gasteiger partial charge on any atom is -0.267 e. The molecule has 0 saturated carbocycles. The minimum absolute atomic E-state index is 0.112.